The molecule has 0 aliphatic carbocycles. The molecule has 0 radical (unpaired) electrons. The van der Waals surface area contributed by atoms with Gasteiger partial charge >= 0.3 is 5.97 Å². The van der Waals surface area contributed by atoms with Gasteiger partial charge in [-0.2, -0.15) is 0 Å². The quantitative estimate of drug-likeness (QED) is 0.573. The van der Waals surface area contributed by atoms with E-state index in [1.54, 1.807) is 30.3 Å². The van der Waals surface area contributed by atoms with Crippen molar-refractivity contribution in [3.63, 3.8) is 0 Å². The van der Waals surface area contributed by atoms with E-state index in [1.165, 1.54) is 30.3 Å². The van der Waals surface area contributed by atoms with E-state index < -0.39 is 12.1 Å². The number of ether oxygens (including phenoxy) is 1. The molecule has 5 nitrogen and oxygen atoms in total. The van der Waals surface area contributed by atoms with E-state index >= 15 is 0 Å². The number of piperidine rings is 1. The number of carboxylic acids is 1. The first-order valence-electron chi connectivity index (χ1n) is 10.6. The van der Waals surface area contributed by atoms with Crippen LogP contribution >= 0.6 is 0 Å². The van der Waals surface area contributed by atoms with Crippen LogP contribution in [0.5, 0.6) is 0 Å². The highest BCUT2D eigenvalue weighted by Gasteiger charge is 2.25. The minimum absolute atomic E-state index is 0.00957. The van der Waals surface area contributed by atoms with E-state index in [-0.39, 0.29) is 23.4 Å². The average molecular weight is 438 g/mol. The molecule has 0 bridgehead atoms. The normalized spacial score (nSPS) is 15.2. The fourth-order valence-corrected chi connectivity index (χ4v) is 3.94. The number of hydrogen-bond donors (Lipinski definition) is 1. The summed E-state index contributed by atoms with van der Waals surface area (Å²) in [5.74, 6) is -1.67. The standard InChI is InChI=1S/C25H24F2N2O3/c26-19-8-4-17(5-9-19)24(18-6-10-20(27)11-7-18)32-22-12-14-29(15-13-22)16-21-2-1-3-23(28-21)25(30)31/h1-11,22,24H,12-16H2,(H,30,31). The fraction of sp³-hybridized carbons (Fsp3) is 0.280. The van der Waals surface area contributed by atoms with E-state index in [0.29, 0.717) is 6.54 Å². The van der Waals surface area contributed by atoms with Gasteiger partial charge in [-0.15, -0.1) is 0 Å². The Balaban J connectivity index is 1.41. The number of rotatable bonds is 7. The van der Waals surface area contributed by atoms with E-state index in [1.807, 2.05) is 6.07 Å². The molecule has 32 heavy (non-hydrogen) atoms. The molecule has 0 atom stereocenters. The third kappa shape index (κ3) is 5.55. The van der Waals surface area contributed by atoms with Crippen molar-refractivity contribution in [3.8, 4) is 0 Å². The summed E-state index contributed by atoms with van der Waals surface area (Å²) in [6, 6.07) is 17.4. The van der Waals surface area contributed by atoms with Gasteiger partial charge in [0.25, 0.3) is 0 Å². The largest absolute Gasteiger partial charge is 0.477 e. The summed E-state index contributed by atoms with van der Waals surface area (Å²) in [7, 11) is 0. The maximum atomic E-state index is 13.4. The lowest BCUT2D eigenvalue weighted by Gasteiger charge is -2.34. The second-order valence-electron chi connectivity index (χ2n) is 7.91. The van der Waals surface area contributed by atoms with Crippen molar-refractivity contribution in [2.75, 3.05) is 13.1 Å². The molecule has 1 aliphatic rings. The van der Waals surface area contributed by atoms with Crippen LogP contribution in [0.4, 0.5) is 8.78 Å². The third-order valence-electron chi connectivity index (χ3n) is 5.62. The first-order chi connectivity index (χ1) is 15.5. The predicted molar refractivity (Wildman–Crippen MR) is 115 cm³/mol. The number of benzene rings is 2. The van der Waals surface area contributed by atoms with Crippen LogP contribution in [0.15, 0.2) is 66.7 Å². The molecule has 0 spiro atoms. The third-order valence-corrected chi connectivity index (χ3v) is 5.62. The maximum absolute atomic E-state index is 13.4. The highest BCUT2D eigenvalue weighted by Crippen LogP contribution is 2.30. The molecule has 166 valence electrons. The average Bonchev–Trinajstić information content (AvgIpc) is 2.80. The van der Waals surface area contributed by atoms with Gasteiger partial charge in [0.1, 0.15) is 23.4 Å². The summed E-state index contributed by atoms with van der Waals surface area (Å²) in [6.07, 6.45) is 1.15. The monoisotopic (exact) mass is 438 g/mol. The Labute approximate surface area is 185 Å². The van der Waals surface area contributed by atoms with Crippen molar-refractivity contribution in [2.24, 2.45) is 0 Å². The Morgan fingerprint density at radius 3 is 2.06 bits per heavy atom. The van der Waals surface area contributed by atoms with Gasteiger partial charge in [0.05, 0.1) is 11.8 Å². The van der Waals surface area contributed by atoms with Crippen molar-refractivity contribution in [2.45, 2.75) is 31.6 Å². The van der Waals surface area contributed by atoms with Crippen molar-refractivity contribution in [1.82, 2.24) is 9.88 Å². The topological polar surface area (TPSA) is 62.7 Å². The van der Waals surface area contributed by atoms with Crippen LogP contribution in [0.1, 0.15) is 46.3 Å². The van der Waals surface area contributed by atoms with Crippen LogP contribution < -0.4 is 0 Å². The van der Waals surface area contributed by atoms with E-state index in [4.69, 9.17) is 9.84 Å². The fourth-order valence-electron chi connectivity index (χ4n) is 3.94. The number of carboxylic acid groups (broad SMARTS) is 1. The van der Waals surface area contributed by atoms with Crippen LogP contribution in [0.2, 0.25) is 0 Å². The van der Waals surface area contributed by atoms with Gasteiger partial charge in [-0.25, -0.2) is 18.6 Å². The van der Waals surface area contributed by atoms with Gasteiger partial charge in [0, 0.05) is 19.6 Å². The summed E-state index contributed by atoms with van der Waals surface area (Å²) < 4.78 is 33.3. The summed E-state index contributed by atoms with van der Waals surface area (Å²) in [4.78, 5) is 17.5. The molecule has 0 amide bonds. The molecule has 1 saturated heterocycles. The number of nitrogens with zero attached hydrogens (tertiary/aromatic N) is 2. The predicted octanol–water partition coefficient (Wildman–Crippen LogP) is 4.83. The second-order valence-corrected chi connectivity index (χ2v) is 7.91. The summed E-state index contributed by atoms with van der Waals surface area (Å²) in [5.41, 5.74) is 2.40. The lowest BCUT2D eigenvalue weighted by molar-refractivity contribution is -0.0283. The molecular weight excluding hydrogens is 414 g/mol. The number of carbonyl (C=O) groups is 1. The van der Waals surface area contributed by atoms with Crippen LogP contribution in [0.3, 0.4) is 0 Å². The Bertz CT molecular complexity index is 1000. The van der Waals surface area contributed by atoms with E-state index in [0.717, 1.165) is 42.8 Å². The molecule has 0 saturated carbocycles. The van der Waals surface area contributed by atoms with E-state index in [9.17, 15) is 13.6 Å². The Hall–Kier alpha value is -3.16. The zero-order valence-corrected chi connectivity index (χ0v) is 17.5. The van der Waals surface area contributed by atoms with Gasteiger partial charge in [-0.1, -0.05) is 30.3 Å². The molecule has 1 aromatic heterocycles. The molecule has 1 N–H and O–H groups in total. The number of aromatic nitrogens is 1. The zero-order valence-electron chi connectivity index (χ0n) is 17.5. The highest BCUT2D eigenvalue weighted by molar-refractivity contribution is 5.85. The van der Waals surface area contributed by atoms with Gasteiger partial charge in [-0.05, 0) is 60.4 Å². The molecule has 7 heteroatoms. The van der Waals surface area contributed by atoms with Crippen molar-refractivity contribution in [3.05, 3.63) is 101 Å². The Kier molecular flexibility index (Phi) is 6.87. The zero-order chi connectivity index (χ0) is 22.5. The molecule has 0 unspecified atom stereocenters. The molecule has 3 aromatic rings. The van der Waals surface area contributed by atoms with Gasteiger partial charge in [-0.3, -0.25) is 4.90 Å². The van der Waals surface area contributed by atoms with Crippen LogP contribution in [-0.4, -0.2) is 40.2 Å². The molecular formula is C25H24F2N2O3. The number of likely N-dealkylation sites (tertiary alicyclic amines) is 1. The molecule has 4 rings (SSSR count). The van der Waals surface area contributed by atoms with Crippen LogP contribution in [0, 0.1) is 11.6 Å². The Morgan fingerprint density at radius 1 is 0.969 bits per heavy atom. The second kappa shape index (κ2) is 9.97. The van der Waals surface area contributed by atoms with Crippen molar-refractivity contribution in [1.29, 1.82) is 0 Å². The summed E-state index contributed by atoms with van der Waals surface area (Å²) >= 11 is 0. The van der Waals surface area contributed by atoms with Crippen molar-refractivity contribution < 1.29 is 23.4 Å². The number of hydrogen-bond acceptors (Lipinski definition) is 4. The molecule has 1 aliphatic heterocycles. The first-order valence-corrected chi connectivity index (χ1v) is 10.6. The van der Waals surface area contributed by atoms with Crippen LogP contribution in [-0.2, 0) is 11.3 Å². The number of halogens is 2. The minimum Gasteiger partial charge on any atom is -0.477 e. The molecule has 2 heterocycles. The molecule has 2 aromatic carbocycles. The van der Waals surface area contributed by atoms with Crippen LogP contribution in [0.25, 0.3) is 0 Å². The minimum atomic E-state index is -1.04. The van der Waals surface area contributed by atoms with Crippen molar-refractivity contribution >= 4 is 5.97 Å². The SMILES string of the molecule is O=C(O)c1cccc(CN2CCC(OC(c3ccc(F)cc3)c3ccc(F)cc3)CC2)n1. The van der Waals surface area contributed by atoms with Gasteiger partial charge < -0.3 is 9.84 Å². The van der Waals surface area contributed by atoms with Gasteiger partial charge in [0.2, 0.25) is 0 Å². The Morgan fingerprint density at radius 2 is 1.53 bits per heavy atom. The smallest absolute Gasteiger partial charge is 0.354 e. The van der Waals surface area contributed by atoms with E-state index in [2.05, 4.69) is 9.88 Å². The first kappa shape index (κ1) is 22.0. The lowest BCUT2D eigenvalue weighted by atomic mass is 10.00. The van der Waals surface area contributed by atoms with Gasteiger partial charge in [0.15, 0.2) is 0 Å². The summed E-state index contributed by atoms with van der Waals surface area (Å²) in [6.45, 7) is 2.14. The molecule has 1 fully saturated rings. The highest BCUT2D eigenvalue weighted by atomic mass is 19.1. The number of pyridine rings is 1. The summed E-state index contributed by atoms with van der Waals surface area (Å²) in [5, 5.41) is 9.12. The lowest BCUT2D eigenvalue weighted by Crippen LogP contribution is -2.37. The maximum Gasteiger partial charge on any atom is 0.354 e. The number of aromatic carboxylic acids is 1.